The van der Waals surface area contributed by atoms with E-state index in [2.05, 4.69) is 0 Å². The molecule has 1 unspecified atom stereocenters. The summed E-state index contributed by atoms with van der Waals surface area (Å²) in [6.45, 7) is 1.11. The van der Waals surface area contributed by atoms with Gasteiger partial charge >= 0.3 is 5.97 Å². The Hall–Kier alpha value is -1.42. The van der Waals surface area contributed by atoms with Crippen LogP contribution < -0.4 is 0 Å². The second-order valence-corrected chi connectivity index (χ2v) is 5.46. The fraction of sp³-hybridized carbons (Fsp3) is 0.533. The predicted octanol–water partition coefficient (Wildman–Crippen LogP) is 2.52. The second-order valence-electron chi connectivity index (χ2n) is 5.46. The molecule has 1 aromatic carbocycles. The number of hydrogen-bond donors (Lipinski definition) is 1. The van der Waals surface area contributed by atoms with Gasteiger partial charge in [-0.05, 0) is 42.9 Å². The Kier molecular flexibility index (Phi) is 3.05. The van der Waals surface area contributed by atoms with Gasteiger partial charge in [-0.1, -0.05) is 12.1 Å². The van der Waals surface area contributed by atoms with E-state index in [1.165, 1.54) is 6.07 Å². The lowest BCUT2D eigenvalue weighted by Crippen LogP contribution is -2.47. The number of carbonyl (C=O) groups is 1. The number of carboxylic acids is 1. The largest absolute Gasteiger partial charge is 0.481 e. The summed E-state index contributed by atoms with van der Waals surface area (Å²) in [4.78, 5) is 11.6. The summed E-state index contributed by atoms with van der Waals surface area (Å²) in [5, 5.41) is 9.52. The number of aliphatic carboxylic acids is 1. The van der Waals surface area contributed by atoms with Gasteiger partial charge in [-0.2, -0.15) is 0 Å². The zero-order valence-corrected chi connectivity index (χ0v) is 10.7. The first-order chi connectivity index (χ1) is 9.15. The maximum Gasteiger partial charge on any atom is 0.307 e. The molecular formula is C15H17FO3. The van der Waals surface area contributed by atoms with Crippen LogP contribution in [0.3, 0.4) is 0 Å². The highest BCUT2D eigenvalue weighted by Crippen LogP contribution is 2.48. The molecule has 2 aliphatic rings. The summed E-state index contributed by atoms with van der Waals surface area (Å²) in [6, 6.07) is 5.06. The lowest BCUT2D eigenvalue weighted by atomic mass is 9.59. The minimum absolute atomic E-state index is 0.202. The van der Waals surface area contributed by atoms with E-state index in [-0.39, 0.29) is 5.82 Å². The molecule has 102 valence electrons. The molecule has 1 aliphatic carbocycles. The zero-order chi connectivity index (χ0) is 13.5. The Morgan fingerprint density at radius 1 is 1.37 bits per heavy atom. The molecule has 0 amide bonds. The van der Waals surface area contributed by atoms with Gasteiger partial charge in [-0.3, -0.25) is 4.79 Å². The molecule has 0 saturated carbocycles. The van der Waals surface area contributed by atoms with Gasteiger partial charge in [0.1, 0.15) is 5.82 Å². The minimum Gasteiger partial charge on any atom is -0.481 e. The van der Waals surface area contributed by atoms with Crippen LogP contribution in [0.25, 0.3) is 0 Å². The van der Waals surface area contributed by atoms with Crippen LogP contribution in [0, 0.1) is 11.7 Å². The summed E-state index contributed by atoms with van der Waals surface area (Å²) in [7, 11) is 0. The van der Waals surface area contributed by atoms with Gasteiger partial charge in [0.15, 0.2) is 0 Å². The summed E-state index contributed by atoms with van der Waals surface area (Å²) in [5.74, 6) is -1.39. The fourth-order valence-electron chi connectivity index (χ4n) is 3.75. The lowest BCUT2D eigenvalue weighted by Gasteiger charge is -2.46. The average Bonchev–Trinajstić information content (AvgIpc) is 2.41. The van der Waals surface area contributed by atoms with Gasteiger partial charge in [0.2, 0.25) is 0 Å². The molecule has 0 radical (unpaired) electrons. The summed E-state index contributed by atoms with van der Waals surface area (Å²) in [6.07, 6.45) is 2.37. The van der Waals surface area contributed by atoms with Crippen LogP contribution in [-0.4, -0.2) is 24.3 Å². The fourth-order valence-corrected chi connectivity index (χ4v) is 3.75. The van der Waals surface area contributed by atoms with Gasteiger partial charge in [0.05, 0.1) is 5.92 Å². The first kappa shape index (κ1) is 12.6. The summed E-state index contributed by atoms with van der Waals surface area (Å²) >= 11 is 0. The van der Waals surface area contributed by atoms with E-state index >= 15 is 0 Å². The van der Waals surface area contributed by atoms with Crippen molar-refractivity contribution in [3.63, 3.8) is 0 Å². The Labute approximate surface area is 111 Å². The standard InChI is InChI=1S/C15H17FO3/c16-13-3-1-2-11-10(13)4-5-12(14(17)18)15(11)6-8-19-9-7-15/h1-3,12H,4-9H2,(H,17,18). The number of rotatable bonds is 1. The van der Waals surface area contributed by atoms with Crippen molar-refractivity contribution in [1.29, 1.82) is 0 Å². The van der Waals surface area contributed by atoms with Crippen molar-refractivity contribution in [3.05, 3.63) is 35.1 Å². The first-order valence-corrected chi connectivity index (χ1v) is 6.73. The maximum absolute atomic E-state index is 14.0. The summed E-state index contributed by atoms with van der Waals surface area (Å²) < 4.78 is 19.3. The van der Waals surface area contributed by atoms with Crippen LogP contribution in [0.2, 0.25) is 0 Å². The third kappa shape index (κ3) is 1.86. The van der Waals surface area contributed by atoms with E-state index < -0.39 is 17.3 Å². The highest BCUT2D eigenvalue weighted by atomic mass is 19.1. The first-order valence-electron chi connectivity index (χ1n) is 6.73. The van der Waals surface area contributed by atoms with Crippen LogP contribution in [-0.2, 0) is 21.4 Å². The Balaban J connectivity index is 2.15. The third-order valence-electron chi connectivity index (χ3n) is 4.69. The molecule has 1 N–H and O–H groups in total. The summed E-state index contributed by atoms with van der Waals surface area (Å²) in [5.41, 5.74) is 1.16. The number of carboxylic acid groups (broad SMARTS) is 1. The van der Waals surface area contributed by atoms with Crippen molar-refractivity contribution in [3.8, 4) is 0 Å². The Bertz CT molecular complexity index is 506. The molecule has 0 bridgehead atoms. The molecule has 3 nitrogen and oxygen atoms in total. The molecule has 4 heteroatoms. The molecule has 0 aromatic heterocycles. The Morgan fingerprint density at radius 3 is 2.79 bits per heavy atom. The molecule has 19 heavy (non-hydrogen) atoms. The van der Waals surface area contributed by atoms with E-state index in [0.29, 0.717) is 44.5 Å². The molecule has 1 atom stereocenters. The predicted molar refractivity (Wildman–Crippen MR) is 67.6 cm³/mol. The quantitative estimate of drug-likeness (QED) is 0.847. The number of hydrogen-bond acceptors (Lipinski definition) is 2. The van der Waals surface area contributed by atoms with Crippen molar-refractivity contribution in [2.24, 2.45) is 5.92 Å². The van der Waals surface area contributed by atoms with Crippen LogP contribution in [0.5, 0.6) is 0 Å². The normalized spacial score (nSPS) is 25.0. The van der Waals surface area contributed by atoms with Crippen LogP contribution in [0.15, 0.2) is 18.2 Å². The van der Waals surface area contributed by atoms with Gasteiger partial charge in [-0.15, -0.1) is 0 Å². The van der Waals surface area contributed by atoms with E-state index in [1.807, 2.05) is 6.07 Å². The topological polar surface area (TPSA) is 46.5 Å². The zero-order valence-electron chi connectivity index (χ0n) is 10.7. The highest BCUT2D eigenvalue weighted by molar-refractivity contribution is 5.73. The highest BCUT2D eigenvalue weighted by Gasteiger charge is 2.49. The van der Waals surface area contributed by atoms with Gasteiger partial charge in [-0.25, -0.2) is 4.39 Å². The van der Waals surface area contributed by atoms with E-state index in [1.54, 1.807) is 6.07 Å². The number of halogens is 1. The number of fused-ring (bicyclic) bond motifs is 2. The van der Waals surface area contributed by atoms with Gasteiger partial charge in [0, 0.05) is 18.6 Å². The van der Waals surface area contributed by atoms with Crippen molar-refractivity contribution < 1.29 is 19.0 Å². The average molecular weight is 264 g/mol. The molecule has 1 spiro atoms. The smallest absolute Gasteiger partial charge is 0.307 e. The van der Waals surface area contributed by atoms with Crippen LogP contribution in [0.4, 0.5) is 4.39 Å². The van der Waals surface area contributed by atoms with Gasteiger partial charge < -0.3 is 9.84 Å². The van der Waals surface area contributed by atoms with Crippen molar-refractivity contribution in [2.75, 3.05) is 13.2 Å². The van der Waals surface area contributed by atoms with E-state index in [4.69, 9.17) is 4.74 Å². The van der Waals surface area contributed by atoms with E-state index in [9.17, 15) is 14.3 Å². The molecule has 1 aromatic rings. The second kappa shape index (κ2) is 4.60. The molecular weight excluding hydrogens is 247 g/mol. The monoisotopic (exact) mass is 264 g/mol. The maximum atomic E-state index is 14.0. The Morgan fingerprint density at radius 2 is 2.11 bits per heavy atom. The lowest BCUT2D eigenvalue weighted by molar-refractivity contribution is -0.147. The molecule has 1 saturated heterocycles. The van der Waals surface area contributed by atoms with Crippen molar-refractivity contribution in [2.45, 2.75) is 31.1 Å². The van der Waals surface area contributed by atoms with Gasteiger partial charge in [0.25, 0.3) is 0 Å². The SMILES string of the molecule is O=C(O)C1CCc2c(F)cccc2C12CCOCC2. The molecule has 1 heterocycles. The third-order valence-corrected chi connectivity index (χ3v) is 4.69. The van der Waals surface area contributed by atoms with Crippen LogP contribution in [0.1, 0.15) is 30.4 Å². The van der Waals surface area contributed by atoms with Crippen LogP contribution >= 0.6 is 0 Å². The van der Waals surface area contributed by atoms with Crippen molar-refractivity contribution >= 4 is 5.97 Å². The number of benzene rings is 1. The minimum atomic E-state index is -0.767. The van der Waals surface area contributed by atoms with Crippen molar-refractivity contribution in [1.82, 2.24) is 0 Å². The molecule has 1 fully saturated rings. The number of ether oxygens (including phenoxy) is 1. The molecule has 3 rings (SSSR count). The molecule has 1 aliphatic heterocycles. The van der Waals surface area contributed by atoms with E-state index in [0.717, 1.165) is 5.56 Å².